The number of rotatable bonds is 5. The van der Waals surface area contributed by atoms with Gasteiger partial charge in [-0.3, -0.25) is 0 Å². The van der Waals surface area contributed by atoms with Gasteiger partial charge in [0.2, 0.25) is 0 Å². The number of benzene rings is 3. The van der Waals surface area contributed by atoms with Gasteiger partial charge in [-0.25, -0.2) is 0 Å². The van der Waals surface area contributed by atoms with Crippen molar-refractivity contribution >= 4 is 17.1 Å². The number of para-hydroxylation sites is 1. The Morgan fingerprint density at radius 2 is 1.41 bits per heavy atom. The first kappa shape index (κ1) is 14.2. The molecule has 0 unspecified atom stereocenters. The summed E-state index contributed by atoms with van der Waals surface area (Å²) in [5.41, 5.74) is 5.82. The Hall–Kier alpha value is -2.74. The molecule has 0 saturated heterocycles. The van der Waals surface area contributed by atoms with Gasteiger partial charge in [-0.2, -0.15) is 0 Å². The lowest BCUT2D eigenvalue weighted by atomic mass is 10.1. The third-order valence-corrected chi connectivity index (χ3v) is 3.55. The van der Waals surface area contributed by atoms with Gasteiger partial charge in [0, 0.05) is 12.2 Å². The second-order valence-corrected chi connectivity index (χ2v) is 5.38. The van der Waals surface area contributed by atoms with E-state index in [-0.39, 0.29) is 0 Å². The monoisotopic (exact) mass is 288 g/mol. The molecule has 2 heteroatoms. The first-order chi connectivity index (χ1) is 10.8. The van der Waals surface area contributed by atoms with Crippen LogP contribution in [0.3, 0.4) is 0 Å². The second kappa shape index (κ2) is 6.81. The van der Waals surface area contributed by atoms with Crippen LogP contribution in [0.4, 0.5) is 17.1 Å². The third-order valence-electron chi connectivity index (χ3n) is 3.55. The zero-order valence-corrected chi connectivity index (χ0v) is 12.7. The molecule has 0 fully saturated rings. The highest BCUT2D eigenvalue weighted by Gasteiger charge is 2.03. The zero-order chi connectivity index (χ0) is 15.2. The van der Waals surface area contributed by atoms with Crippen molar-refractivity contribution in [1.29, 1.82) is 0 Å². The zero-order valence-electron chi connectivity index (χ0n) is 12.7. The molecule has 0 bridgehead atoms. The van der Waals surface area contributed by atoms with Crippen molar-refractivity contribution in [2.75, 3.05) is 10.6 Å². The Balaban J connectivity index is 1.79. The van der Waals surface area contributed by atoms with Crippen LogP contribution in [0.1, 0.15) is 11.1 Å². The van der Waals surface area contributed by atoms with E-state index in [0.717, 1.165) is 23.6 Å². The lowest BCUT2D eigenvalue weighted by Gasteiger charge is -2.15. The highest BCUT2D eigenvalue weighted by molar-refractivity contribution is 5.75. The lowest BCUT2D eigenvalue weighted by molar-refractivity contribution is 1.15. The van der Waals surface area contributed by atoms with E-state index < -0.39 is 0 Å². The summed E-state index contributed by atoms with van der Waals surface area (Å²) in [6.45, 7) is 2.92. The van der Waals surface area contributed by atoms with E-state index in [0.29, 0.717) is 0 Å². The van der Waals surface area contributed by atoms with Gasteiger partial charge in [-0.1, -0.05) is 54.6 Å². The van der Waals surface area contributed by atoms with Crippen molar-refractivity contribution in [2.24, 2.45) is 0 Å². The fourth-order valence-corrected chi connectivity index (χ4v) is 2.38. The summed E-state index contributed by atoms with van der Waals surface area (Å²) in [5.74, 6) is 0. The second-order valence-electron chi connectivity index (χ2n) is 5.38. The molecule has 3 aromatic carbocycles. The Labute approximate surface area is 131 Å². The Morgan fingerprint density at radius 1 is 0.727 bits per heavy atom. The third kappa shape index (κ3) is 3.67. The number of anilines is 3. The van der Waals surface area contributed by atoms with E-state index in [9.17, 15) is 0 Å². The predicted molar refractivity (Wildman–Crippen MR) is 94.7 cm³/mol. The van der Waals surface area contributed by atoms with Crippen molar-refractivity contribution in [3.8, 4) is 0 Å². The summed E-state index contributed by atoms with van der Waals surface area (Å²) in [7, 11) is 0. The summed E-state index contributed by atoms with van der Waals surface area (Å²) in [5, 5.41) is 7.00. The van der Waals surface area contributed by atoms with E-state index in [4.69, 9.17) is 0 Å². The van der Waals surface area contributed by atoms with Gasteiger partial charge in [-0.05, 0) is 42.3 Å². The molecule has 3 rings (SSSR count). The molecule has 0 aliphatic rings. The minimum Gasteiger partial charge on any atom is -0.379 e. The van der Waals surface area contributed by atoms with Crippen LogP contribution in [0, 0.1) is 6.92 Å². The Morgan fingerprint density at radius 3 is 2.14 bits per heavy atom. The average Bonchev–Trinajstić information content (AvgIpc) is 2.57. The minimum absolute atomic E-state index is 0.813. The first-order valence-electron chi connectivity index (χ1n) is 7.52. The maximum Gasteiger partial charge on any atom is 0.0620 e. The quantitative estimate of drug-likeness (QED) is 0.661. The van der Waals surface area contributed by atoms with Crippen LogP contribution >= 0.6 is 0 Å². The number of nitrogens with one attached hydrogen (secondary N) is 2. The molecule has 0 aliphatic heterocycles. The van der Waals surface area contributed by atoms with Gasteiger partial charge >= 0.3 is 0 Å². The normalized spacial score (nSPS) is 10.2. The van der Waals surface area contributed by atoms with Crippen molar-refractivity contribution in [1.82, 2.24) is 0 Å². The van der Waals surface area contributed by atoms with Gasteiger partial charge in [-0.15, -0.1) is 0 Å². The van der Waals surface area contributed by atoms with Gasteiger partial charge < -0.3 is 10.6 Å². The van der Waals surface area contributed by atoms with Gasteiger partial charge in [0.15, 0.2) is 0 Å². The summed E-state index contributed by atoms with van der Waals surface area (Å²) in [6.07, 6.45) is 0. The molecule has 2 N–H and O–H groups in total. The molecule has 22 heavy (non-hydrogen) atoms. The maximum atomic E-state index is 3.53. The molecule has 0 atom stereocenters. The molecule has 0 saturated carbocycles. The first-order valence-corrected chi connectivity index (χ1v) is 7.52. The molecule has 0 radical (unpaired) electrons. The lowest BCUT2D eigenvalue weighted by Crippen LogP contribution is -2.03. The SMILES string of the molecule is Cc1ccc(Nc2ccccc2)c(NCc2ccccc2)c1. The Bertz CT molecular complexity index is 721. The van der Waals surface area contributed by atoms with Crippen molar-refractivity contribution in [2.45, 2.75) is 13.5 Å². The van der Waals surface area contributed by atoms with Crippen LogP contribution < -0.4 is 10.6 Å². The minimum atomic E-state index is 0.813. The van der Waals surface area contributed by atoms with Crippen LogP contribution in [0.2, 0.25) is 0 Å². The number of hydrogen-bond acceptors (Lipinski definition) is 2. The predicted octanol–water partition coefficient (Wildman–Crippen LogP) is 5.35. The van der Waals surface area contributed by atoms with Crippen molar-refractivity contribution in [3.63, 3.8) is 0 Å². The number of hydrogen-bond donors (Lipinski definition) is 2. The molecule has 3 aromatic rings. The molecule has 110 valence electrons. The summed E-state index contributed by atoms with van der Waals surface area (Å²) in [4.78, 5) is 0. The Kier molecular flexibility index (Phi) is 4.40. The molecular weight excluding hydrogens is 268 g/mol. The highest BCUT2D eigenvalue weighted by atomic mass is 15.0. The largest absolute Gasteiger partial charge is 0.379 e. The van der Waals surface area contributed by atoms with E-state index in [1.54, 1.807) is 0 Å². The highest BCUT2D eigenvalue weighted by Crippen LogP contribution is 2.27. The van der Waals surface area contributed by atoms with E-state index in [1.165, 1.54) is 11.1 Å². The van der Waals surface area contributed by atoms with Crippen LogP contribution in [-0.2, 0) is 6.54 Å². The van der Waals surface area contributed by atoms with E-state index in [2.05, 4.69) is 72.2 Å². The van der Waals surface area contributed by atoms with Gasteiger partial charge in [0.25, 0.3) is 0 Å². The van der Waals surface area contributed by atoms with E-state index >= 15 is 0 Å². The smallest absolute Gasteiger partial charge is 0.0620 e. The van der Waals surface area contributed by atoms with Gasteiger partial charge in [0.05, 0.1) is 11.4 Å². The molecule has 2 nitrogen and oxygen atoms in total. The topological polar surface area (TPSA) is 24.1 Å². The molecule has 0 aliphatic carbocycles. The van der Waals surface area contributed by atoms with Crippen LogP contribution in [0.25, 0.3) is 0 Å². The van der Waals surface area contributed by atoms with E-state index in [1.807, 2.05) is 24.3 Å². The van der Waals surface area contributed by atoms with Crippen LogP contribution in [0.15, 0.2) is 78.9 Å². The molecular formula is C20H20N2. The molecule has 0 spiro atoms. The fourth-order valence-electron chi connectivity index (χ4n) is 2.38. The van der Waals surface area contributed by atoms with Crippen molar-refractivity contribution < 1.29 is 0 Å². The van der Waals surface area contributed by atoms with Crippen LogP contribution in [0.5, 0.6) is 0 Å². The average molecular weight is 288 g/mol. The summed E-state index contributed by atoms with van der Waals surface area (Å²) >= 11 is 0. The fraction of sp³-hybridized carbons (Fsp3) is 0.100. The van der Waals surface area contributed by atoms with Crippen molar-refractivity contribution in [3.05, 3.63) is 90.0 Å². The standard InChI is InChI=1S/C20H20N2/c1-16-12-13-19(22-18-10-6-3-7-11-18)20(14-16)21-15-17-8-4-2-5-9-17/h2-14,21-22H,15H2,1H3. The maximum absolute atomic E-state index is 3.53. The molecule has 0 heterocycles. The van der Waals surface area contributed by atoms with Crippen LogP contribution in [-0.4, -0.2) is 0 Å². The van der Waals surface area contributed by atoms with Gasteiger partial charge in [0.1, 0.15) is 0 Å². The number of aryl methyl sites for hydroxylation is 1. The summed E-state index contributed by atoms with van der Waals surface area (Å²) in [6, 6.07) is 27.1. The summed E-state index contributed by atoms with van der Waals surface area (Å²) < 4.78 is 0. The molecule has 0 aromatic heterocycles. The molecule has 0 amide bonds.